The van der Waals surface area contributed by atoms with E-state index in [1.54, 1.807) is 0 Å². The molecule has 0 bridgehead atoms. The molecule has 0 spiro atoms. The van der Waals surface area contributed by atoms with Gasteiger partial charge in [-0.25, -0.2) is 4.79 Å². The van der Waals surface area contributed by atoms with Gasteiger partial charge in [0.2, 0.25) is 0 Å². The molecule has 2 aromatic rings. The fourth-order valence-electron chi connectivity index (χ4n) is 2.71. The van der Waals surface area contributed by atoms with E-state index in [1.165, 1.54) is 13.2 Å². The number of carboxylic acids is 1. The molecule has 0 unspecified atom stereocenters. The first kappa shape index (κ1) is 23.6. The lowest BCUT2D eigenvalue weighted by Crippen LogP contribution is -2.44. The summed E-state index contributed by atoms with van der Waals surface area (Å²) in [6.45, 7) is 0. The number of carbonyl (C=O) groups excluding carboxylic acids is 1. The number of aliphatic hydroxyl groups is 1. The van der Waals surface area contributed by atoms with Crippen LogP contribution in [0.15, 0.2) is 42.5 Å². The van der Waals surface area contributed by atoms with Gasteiger partial charge < -0.3 is 20.3 Å². The van der Waals surface area contributed by atoms with E-state index in [0.29, 0.717) is 12.1 Å². The van der Waals surface area contributed by atoms with Crippen LogP contribution in [0.5, 0.6) is 5.75 Å². The number of hydrogen-bond acceptors (Lipinski definition) is 6. The van der Waals surface area contributed by atoms with Crippen molar-refractivity contribution >= 4 is 17.6 Å². The average molecular weight is 442 g/mol. The van der Waals surface area contributed by atoms with Gasteiger partial charge in [-0.15, -0.1) is 0 Å². The van der Waals surface area contributed by atoms with Crippen LogP contribution in [0.4, 0.5) is 18.9 Å². The molecule has 0 aliphatic carbocycles. The number of nitro benzene ring substituents is 1. The van der Waals surface area contributed by atoms with Crippen LogP contribution in [-0.2, 0) is 22.2 Å². The van der Waals surface area contributed by atoms with Crippen molar-refractivity contribution in [1.82, 2.24) is 5.32 Å². The molecule has 0 fully saturated rings. The van der Waals surface area contributed by atoms with E-state index in [-0.39, 0.29) is 22.6 Å². The molecular weight excluding hydrogens is 425 g/mol. The second-order valence-electron chi connectivity index (χ2n) is 6.38. The Kier molecular flexibility index (Phi) is 7.18. The highest BCUT2D eigenvalue weighted by molar-refractivity contribution is 5.87. The Balaban J connectivity index is 2.20. The monoisotopic (exact) mass is 442 g/mol. The summed E-state index contributed by atoms with van der Waals surface area (Å²) in [6.07, 6.45) is -6.94. The number of non-ortho nitro benzene ring substituents is 1. The van der Waals surface area contributed by atoms with Gasteiger partial charge in [-0.3, -0.25) is 14.9 Å². The Hall–Kier alpha value is -3.67. The summed E-state index contributed by atoms with van der Waals surface area (Å²) < 4.78 is 42.9. The average Bonchev–Trinajstić information content (AvgIpc) is 2.71. The summed E-state index contributed by atoms with van der Waals surface area (Å²) in [7, 11) is 1.27. The Morgan fingerprint density at radius 2 is 1.81 bits per heavy atom. The minimum atomic E-state index is -4.60. The minimum absolute atomic E-state index is 0.119. The minimum Gasteiger partial charge on any atom is -0.496 e. The van der Waals surface area contributed by atoms with Gasteiger partial charge in [-0.05, 0) is 23.8 Å². The normalized spacial score (nSPS) is 13.2. The van der Waals surface area contributed by atoms with Crippen LogP contribution in [0.25, 0.3) is 0 Å². The van der Waals surface area contributed by atoms with E-state index in [9.17, 15) is 43.1 Å². The summed E-state index contributed by atoms with van der Waals surface area (Å²) >= 11 is 0. The third-order valence-electron chi connectivity index (χ3n) is 4.32. The molecule has 0 aromatic heterocycles. The SMILES string of the molecule is COc1ccc([N+](=O)[O-])cc1C[C@@H](NC(=O)[C@H](O)c1ccc(C(F)(F)F)cc1)C(=O)O. The van der Waals surface area contributed by atoms with Crippen molar-refractivity contribution < 1.29 is 42.6 Å². The molecule has 2 aromatic carbocycles. The van der Waals surface area contributed by atoms with Gasteiger partial charge in [0.25, 0.3) is 11.6 Å². The zero-order valence-corrected chi connectivity index (χ0v) is 15.9. The highest BCUT2D eigenvalue weighted by Gasteiger charge is 2.31. The summed E-state index contributed by atoms with van der Waals surface area (Å²) in [5.41, 5.74) is -1.36. The molecule has 2 rings (SSSR count). The number of aliphatic carboxylic acids is 1. The largest absolute Gasteiger partial charge is 0.496 e. The lowest BCUT2D eigenvalue weighted by Gasteiger charge is -2.19. The van der Waals surface area contributed by atoms with Gasteiger partial charge >= 0.3 is 12.1 Å². The second kappa shape index (κ2) is 9.43. The number of carboxylic acid groups (broad SMARTS) is 1. The summed E-state index contributed by atoms with van der Waals surface area (Å²) in [6, 6.07) is 5.05. The molecule has 0 saturated heterocycles. The smallest absolute Gasteiger partial charge is 0.416 e. The van der Waals surface area contributed by atoms with Crippen molar-refractivity contribution in [1.29, 1.82) is 0 Å². The summed E-state index contributed by atoms with van der Waals surface area (Å²) in [5.74, 6) is -2.52. The number of hydrogen-bond donors (Lipinski definition) is 3. The molecule has 0 saturated carbocycles. The topological polar surface area (TPSA) is 139 Å². The van der Waals surface area contributed by atoms with Gasteiger partial charge in [0, 0.05) is 24.1 Å². The Bertz CT molecular complexity index is 977. The van der Waals surface area contributed by atoms with Crippen LogP contribution < -0.4 is 10.1 Å². The fourth-order valence-corrected chi connectivity index (χ4v) is 2.71. The standard InChI is InChI=1S/C19H17F3N2O7/c1-31-15-7-6-13(24(29)30)8-11(15)9-14(18(27)28)23-17(26)16(25)10-2-4-12(5-3-10)19(20,21)22/h2-8,14,16,25H,9H2,1H3,(H,23,26)(H,27,28)/t14-,16-/m1/s1. The first-order valence-corrected chi connectivity index (χ1v) is 8.63. The number of methoxy groups -OCH3 is 1. The van der Waals surface area contributed by atoms with Crippen molar-refractivity contribution in [2.75, 3.05) is 7.11 Å². The lowest BCUT2D eigenvalue weighted by atomic mass is 10.0. The number of nitrogens with zero attached hydrogens (tertiary/aromatic N) is 1. The molecule has 9 nitrogen and oxygen atoms in total. The van der Waals surface area contributed by atoms with Crippen molar-refractivity contribution in [3.63, 3.8) is 0 Å². The first-order valence-electron chi connectivity index (χ1n) is 8.63. The third kappa shape index (κ3) is 5.92. The Morgan fingerprint density at radius 1 is 1.19 bits per heavy atom. The number of rotatable bonds is 8. The molecule has 0 radical (unpaired) electrons. The third-order valence-corrected chi connectivity index (χ3v) is 4.32. The lowest BCUT2D eigenvalue weighted by molar-refractivity contribution is -0.384. The van der Waals surface area contributed by atoms with Crippen LogP contribution in [0.2, 0.25) is 0 Å². The summed E-state index contributed by atoms with van der Waals surface area (Å²) in [4.78, 5) is 34.1. The molecule has 0 aliphatic rings. The van der Waals surface area contributed by atoms with Crippen LogP contribution >= 0.6 is 0 Å². The number of aliphatic hydroxyl groups excluding tert-OH is 1. The molecule has 0 aliphatic heterocycles. The quantitative estimate of drug-likeness (QED) is 0.422. The van der Waals surface area contributed by atoms with Gasteiger partial charge in [0.05, 0.1) is 17.6 Å². The maximum atomic E-state index is 12.6. The zero-order chi connectivity index (χ0) is 23.3. The fraction of sp³-hybridized carbons (Fsp3) is 0.263. The Morgan fingerprint density at radius 3 is 2.29 bits per heavy atom. The second-order valence-corrected chi connectivity index (χ2v) is 6.38. The van der Waals surface area contributed by atoms with Gasteiger partial charge in [-0.1, -0.05) is 12.1 Å². The van der Waals surface area contributed by atoms with Crippen molar-refractivity contribution in [3.05, 3.63) is 69.3 Å². The molecule has 1 amide bonds. The van der Waals surface area contributed by atoms with Gasteiger partial charge in [-0.2, -0.15) is 13.2 Å². The van der Waals surface area contributed by atoms with Crippen LogP contribution in [0.1, 0.15) is 22.8 Å². The molecule has 166 valence electrons. The van der Waals surface area contributed by atoms with Crippen LogP contribution in [0, 0.1) is 10.1 Å². The summed E-state index contributed by atoms with van der Waals surface area (Å²) in [5, 5.41) is 32.5. The van der Waals surface area contributed by atoms with Crippen LogP contribution in [0.3, 0.4) is 0 Å². The van der Waals surface area contributed by atoms with E-state index >= 15 is 0 Å². The number of nitro groups is 1. The predicted octanol–water partition coefficient (Wildman–Crippen LogP) is 2.47. The highest BCUT2D eigenvalue weighted by Crippen LogP contribution is 2.30. The van der Waals surface area contributed by atoms with Crippen molar-refractivity contribution in [2.24, 2.45) is 0 Å². The zero-order valence-electron chi connectivity index (χ0n) is 15.9. The predicted molar refractivity (Wildman–Crippen MR) is 99.3 cm³/mol. The van der Waals surface area contributed by atoms with E-state index in [0.717, 1.165) is 24.3 Å². The molecule has 31 heavy (non-hydrogen) atoms. The van der Waals surface area contributed by atoms with E-state index < -0.39 is 47.1 Å². The molecule has 2 atom stereocenters. The van der Waals surface area contributed by atoms with E-state index in [4.69, 9.17) is 4.74 Å². The van der Waals surface area contributed by atoms with Crippen molar-refractivity contribution in [2.45, 2.75) is 24.7 Å². The number of carbonyl (C=O) groups is 2. The molecule has 0 heterocycles. The number of benzene rings is 2. The van der Waals surface area contributed by atoms with Crippen molar-refractivity contribution in [3.8, 4) is 5.75 Å². The van der Waals surface area contributed by atoms with E-state index in [2.05, 4.69) is 5.32 Å². The Labute approximate surface area is 173 Å². The first-order chi connectivity index (χ1) is 14.4. The van der Waals surface area contributed by atoms with Gasteiger partial charge in [0.1, 0.15) is 11.8 Å². The van der Waals surface area contributed by atoms with Gasteiger partial charge in [0.15, 0.2) is 6.10 Å². The molecular formula is C19H17F3N2O7. The number of amides is 1. The molecule has 3 N–H and O–H groups in total. The van der Waals surface area contributed by atoms with E-state index in [1.807, 2.05) is 0 Å². The number of alkyl halides is 3. The molecule has 12 heteroatoms. The maximum Gasteiger partial charge on any atom is 0.416 e. The number of nitrogens with one attached hydrogen (secondary N) is 1. The number of ether oxygens (including phenoxy) is 1. The van der Waals surface area contributed by atoms with Crippen LogP contribution in [-0.4, -0.2) is 40.2 Å². The highest BCUT2D eigenvalue weighted by atomic mass is 19.4. The number of halogens is 3. The maximum absolute atomic E-state index is 12.6.